The van der Waals surface area contributed by atoms with Gasteiger partial charge >= 0.3 is 0 Å². The lowest BCUT2D eigenvalue weighted by atomic mass is 9.65. The van der Waals surface area contributed by atoms with Gasteiger partial charge < -0.3 is 0 Å². The van der Waals surface area contributed by atoms with E-state index in [0.29, 0.717) is 76.4 Å². The second-order valence-corrected chi connectivity index (χ2v) is 30.1. The fraction of sp³-hybridized carbons (Fsp3) is 1.00. The highest BCUT2D eigenvalue weighted by Crippen LogP contribution is 2.43. The Morgan fingerprint density at radius 1 is 0.329 bits per heavy atom. The molecule has 0 bridgehead atoms. The van der Waals surface area contributed by atoms with Crippen LogP contribution < -0.4 is 0 Å². The molecular formula is C69H152F4. The molecule has 2 atom stereocenters. The van der Waals surface area contributed by atoms with Gasteiger partial charge in [0.25, 0.3) is 0 Å². The maximum atomic E-state index is 13.6. The highest BCUT2D eigenvalue weighted by atomic mass is 19.2. The summed E-state index contributed by atoms with van der Waals surface area (Å²) >= 11 is 0. The van der Waals surface area contributed by atoms with Crippen LogP contribution in [-0.4, -0.2) is 22.7 Å². The van der Waals surface area contributed by atoms with Crippen molar-refractivity contribution in [1.29, 1.82) is 0 Å². The molecule has 0 aliphatic carbocycles. The molecule has 0 N–H and O–H groups in total. The number of hydrogen-bond acceptors (Lipinski definition) is 0. The lowest BCUT2D eigenvalue weighted by molar-refractivity contribution is 0.0561. The van der Waals surface area contributed by atoms with Crippen LogP contribution in [0.5, 0.6) is 0 Å². The van der Waals surface area contributed by atoms with Gasteiger partial charge in [0.1, 0.15) is 22.7 Å². The lowest BCUT2D eigenvalue weighted by Crippen LogP contribution is -2.34. The Kier molecular flexibility index (Phi) is 55.0. The summed E-state index contributed by atoms with van der Waals surface area (Å²) in [6.45, 7) is 84.7. The molecule has 0 saturated carbocycles. The van der Waals surface area contributed by atoms with E-state index in [2.05, 4.69) is 194 Å². The molecule has 0 nitrogen and oxygen atoms in total. The quantitative estimate of drug-likeness (QED) is 0.143. The third-order valence-corrected chi connectivity index (χ3v) is 16.5. The number of hydrogen-bond donors (Lipinski definition) is 0. The molecule has 4 heteroatoms. The van der Waals surface area contributed by atoms with Crippen molar-refractivity contribution in [2.45, 2.75) is 383 Å². The van der Waals surface area contributed by atoms with Crippen LogP contribution in [0.25, 0.3) is 0 Å². The minimum Gasteiger partial charge on any atom is -0.244 e. The van der Waals surface area contributed by atoms with Crippen molar-refractivity contribution in [3.63, 3.8) is 0 Å². The second-order valence-electron chi connectivity index (χ2n) is 30.1. The van der Waals surface area contributed by atoms with Gasteiger partial charge in [0.2, 0.25) is 0 Å². The zero-order valence-electron chi connectivity index (χ0n) is 59.2. The van der Waals surface area contributed by atoms with Crippen LogP contribution in [0.4, 0.5) is 17.6 Å². The fourth-order valence-corrected chi connectivity index (χ4v) is 7.29. The Balaban J connectivity index is -0.0000000907. The summed E-state index contributed by atoms with van der Waals surface area (Å²) < 4.78 is 51.9. The summed E-state index contributed by atoms with van der Waals surface area (Å²) in [4.78, 5) is 0. The highest BCUT2D eigenvalue weighted by molar-refractivity contribution is 4.84. The normalized spacial score (nSPS) is 14.1. The maximum absolute atomic E-state index is 13.6. The van der Waals surface area contributed by atoms with E-state index in [1.807, 2.05) is 48.5 Å². The molecule has 0 unspecified atom stereocenters. The van der Waals surface area contributed by atoms with Gasteiger partial charge in [0.05, 0.1) is 0 Å². The molecule has 0 fully saturated rings. The molecule has 456 valence electrons. The Labute approximate surface area is 466 Å². The van der Waals surface area contributed by atoms with E-state index in [0.717, 1.165) is 18.3 Å². The van der Waals surface area contributed by atoms with E-state index in [4.69, 9.17) is 0 Å². The smallest absolute Gasteiger partial charge is 0.110 e. The third kappa shape index (κ3) is 64.1. The zero-order valence-corrected chi connectivity index (χ0v) is 59.2. The molecule has 0 aromatic rings. The fourth-order valence-electron chi connectivity index (χ4n) is 7.29. The van der Waals surface area contributed by atoms with Crippen LogP contribution in [-0.2, 0) is 0 Å². The summed E-state index contributed by atoms with van der Waals surface area (Å²) in [5.74, 6) is 2.87. The van der Waals surface area contributed by atoms with E-state index in [-0.39, 0.29) is 11.8 Å². The van der Waals surface area contributed by atoms with Gasteiger partial charge in [-0.2, -0.15) is 0 Å². The Morgan fingerprint density at radius 3 is 0.630 bits per heavy atom. The molecule has 0 aliphatic heterocycles. The van der Waals surface area contributed by atoms with Gasteiger partial charge in [0.15, 0.2) is 0 Å². The van der Waals surface area contributed by atoms with Crippen molar-refractivity contribution in [3.05, 3.63) is 0 Å². The van der Waals surface area contributed by atoms with Gasteiger partial charge in [0, 0.05) is 0 Å². The van der Waals surface area contributed by atoms with Gasteiger partial charge in [-0.05, 0) is 141 Å². The first-order valence-corrected chi connectivity index (χ1v) is 30.7. The minimum absolute atomic E-state index is 0.146. The molecule has 0 amide bonds. The largest absolute Gasteiger partial charge is 0.244 e. The molecule has 0 heterocycles. The molecule has 0 aromatic carbocycles. The molecule has 0 saturated heterocycles. The lowest BCUT2D eigenvalue weighted by Gasteiger charge is -2.40. The number of halogens is 4. The van der Waals surface area contributed by atoms with Crippen molar-refractivity contribution in [2.24, 2.45) is 68.0 Å². The van der Waals surface area contributed by atoms with Crippen LogP contribution in [0.1, 0.15) is 360 Å². The number of alkyl halides is 4. The average molecular weight is 1060 g/mol. The van der Waals surface area contributed by atoms with Crippen molar-refractivity contribution in [2.75, 3.05) is 0 Å². The van der Waals surface area contributed by atoms with Crippen molar-refractivity contribution < 1.29 is 17.6 Å². The minimum atomic E-state index is -1.04. The van der Waals surface area contributed by atoms with E-state index in [1.54, 1.807) is 34.6 Å². The molecule has 73 heavy (non-hydrogen) atoms. The Morgan fingerprint density at radius 2 is 0.616 bits per heavy atom. The van der Waals surface area contributed by atoms with E-state index in [9.17, 15) is 17.6 Å². The van der Waals surface area contributed by atoms with Crippen LogP contribution in [0.3, 0.4) is 0 Å². The van der Waals surface area contributed by atoms with Crippen LogP contribution in [0.15, 0.2) is 0 Å². The molecular weight excluding hydrogens is 905 g/mol. The average Bonchev–Trinajstić information content (AvgIpc) is 3.20. The first kappa shape index (κ1) is 92.1. The summed E-state index contributed by atoms with van der Waals surface area (Å²) in [6.07, 6.45) is 13.3. The first-order chi connectivity index (χ1) is 32.0. The van der Waals surface area contributed by atoms with Gasteiger partial charge in [-0.3, -0.25) is 0 Å². The van der Waals surface area contributed by atoms with Crippen molar-refractivity contribution in [1.82, 2.24) is 0 Å². The Bertz CT molecular complexity index is 1100. The summed E-state index contributed by atoms with van der Waals surface area (Å²) in [5, 5.41) is 0. The first-order valence-electron chi connectivity index (χ1n) is 30.7. The van der Waals surface area contributed by atoms with E-state index < -0.39 is 22.7 Å². The molecule has 0 radical (unpaired) electrons. The summed E-state index contributed by atoms with van der Waals surface area (Å²) in [7, 11) is 0. The Hall–Kier alpha value is -0.280. The van der Waals surface area contributed by atoms with E-state index >= 15 is 0 Å². The summed E-state index contributed by atoms with van der Waals surface area (Å²) in [6, 6.07) is 0. The summed E-state index contributed by atoms with van der Waals surface area (Å²) in [5.41, 5.74) is -0.737. The van der Waals surface area contributed by atoms with Gasteiger partial charge in [-0.1, -0.05) is 287 Å². The maximum Gasteiger partial charge on any atom is 0.110 e. The van der Waals surface area contributed by atoms with Crippen molar-refractivity contribution >= 4 is 0 Å². The van der Waals surface area contributed by atoms with Gasteiger partial charge in [-0.15, -0.1) is 0 Å². The van der Waals surface area contributed by atoms with Crippen molar-refractivity contribution in [3.8, 4) is 0 Å². The van der Waals surface area contributed by atoms with Crippen LogP contribution >= 0.6 is 0 Å². The number of rotatable bonds is 15. The molecule has 0 rings (SSSR count). The zero-order chi connectivity index (χ0) is 61.7. The SMILES string of the molecule is CC(C)C(C(C)C)C(C)(C)F.CC(C)C(C)(C)C.CCC(C)(C)C.CCC(C)(CC)C(C)(C)C.CCC(C)(F)CC.CCC(CC)C(C)(C)C.CCCC(C)(C)C.CCC[C@@](C)(F)CC.CC[C@](C)(F)C(C)C. The predicted molar refractivity (Wildman–Crippen MR) is 338 cm³/mol. The topological polar surface area (TPSA) is 0 Å². The monoisotopic (exact) mass is 1060 g/mol. The molecule has 0 aliphatic rings. The standard InChI is InChI=1S/C10H21F.C10H22.C9H20.2C7H15F.2C7H16.C6H13F.C6H14/c1-7(2)9(8(3)4)10(5,6)11;1-7-10(6,8-2)9(3,4)5;1-6-8(7-2)9(3,4)5;1-5-7(4,8)6(2)3;1-4-6-7(3,8)5-2;1-6(2)7(3,4)5;1-5-6-7(2,3)4;1-4-6(3,7)5-2;1-5-6(2,3)4/h7-9H,1-6H3;7-8H2,1-6H3;8H,6-7H2,1-5H3;6H,5H2,1-4H3;4-6H2,1-3H3;6H,1-5H3;5-6H2,1-4H3;4-5H2,1-3H3;5H2,1-4H3/t;;;2*7-;;;;/m...00..../s1. The van der Waals surface area contributed by atoms with Crippen LogP contribution in [0.2, 0.25) is 0 Å². The highest BCUT2D eigenvalue weighted by Gasteiger charge is 2.34. The molecule has 0 aromatic heterocycles. The van der Waals surface area contributed by atoms with E-state index in [1.165, 1.54) is 44.9 Å². The molecule has 0 spiro atoms. The van der Waals surface area contributed by atoms with Crippen LogP contribution in [0, 0.1) is 68.0 Å². The van der Waals surface area contributed by atoms with Gasteiger partial charge in [-0.25, -0.2) is 17.6 Å². The predicted octanol–water partition coefficient (Wildman–Crippen LogP) is 27.2. The second kappa shape index (κ2) is 43.6. The third-order valence-electron chi connectivity index (χ3n) is 16.5.